The molecule has 4 N–H and O–H groups in total. The summed E-state index contributed by atoms with van der Waals surface area (Å²) >= 11 is 0. The summed E-state index contributed by atoms with van der Waals surface area (Å²) in [7, 11) is -1.91. The maximum absolute atomic E-state index is 11.3. The van der Waals surface area contributed by atoms with Gasteiger partial charge in [-0.3, -0.25) is 0 Å². The molecule has 9 nitrogen and oxygen atoms in total. The van der Waals surface area contributed by atoms with Crippen LogP contribution in [-0.4, -0.2) is 64.6 Å². The number of carbonyl (C=O) groups is 2. The molecule has 2 amide bonds. The number of sulfonamides is 1. The van der Waals surface area contributed by atoms with E-state index in [0.717, 1.165) is 6.26 Å². The second kappa shape index (κ2) is 8.67. The summed E-state index contributed by atoms with van der Waals surface area (Å²) < 4.78 is 28.4. The van der Waals surface area contributed by atoms with Crippen LogP contribution in [-0.2, 0) is 19.6 Å². The lowest BCUT2D eigenvalue weighted by Crippen LogP contribution is -2.48. The van der Waals surface area contributed by atoms with Crippen molar-refractivity contribution in [3.05, 3.63) is 0 Å². The average molecular weight is 297 g/mol. The predicted octanol–water partition coefficient (Wildman–Crippen LogP) is -1.68. The van der Waals surface area contributed by atoms with Crippen LogP contribution in [0.25, 0.3) is 0 Å². The van der Waals surface area contributed by atoms with Gasteiger partial charge in [0.1, 0.15) is 0 Å². The van der Waals surface area contributed by atoms with Crippen LogP contribution in [0.1, 0.15) is 6.42 Å². The molecule has 19 heavy (non-hydrogen) atoms. The van der Waals surface area contributed by atoms with Crippen molar-refractivity contribution in [3.8, 4) is 0 Å². The van der Waals surface area contributed by atoms with E-state index in [-0.39, 0.29) is 19.7 Å². The first-order valence-electron chi connectivity index (χ1n) is 5.47. The molecule has 0 aromatic heterocycles. The van der Waals surface area contributed by atoms with Crippen LogP contribution in [0.15, 0.2) is 0 Å². The molecule has 0 aromatic rings. The van der Waals surface area contributed by atoms with Gasteiger partial charge in [0, 0.05) is 20.2 Å². The molecule has 0 saturated carbocycles. The highest BCUT2D eigenvalue weighted by Crippen LogP contribution is 1.86. The van der Waals surface area contributed by atoms with Gasteiger partial charge in [0.05, 0.1) is 12.9 Å². The molecule has 0 aliphatic rings. The van der Waals surface area contributed by atoms with Crippen LogP contribution in [0.5, 0.6) is 0 Å². The number of carboxylic acid groups (broad SMARTS) is 1. The first-order valence-corrected chi connectivity index (χ1v) is 7.36. The lowest BCUT2D eigenvalue weighted by Gasteiger charge is -2.14. The van der Waals surface area contributed by atoms with Crippen molar-refractivity contribution in [1.82, 2.24) is 15.4 Å². The van der Waals surface area contributed by atoms with E-state index in [0.29, 0.717) is 6.42 Å². The van der Waals surface area contributed by atoms with Gasteiger partial charge >= 0.3 is 12.0 Å². The van der Waals surface area contributed by atoms with Gasteiger partial charge in [0.2, 0.25) is 10.0 Å². The highest BCUT2D eigenvalue weighted by Gasteiger charge is 2.19. The zero-order chi connectivity index (χ0) is 14.9. The highest BCUT2D eigenvalue weighted by molar-refractivity contribution is 7.88. The van der Waals surface area contributed by atoms with Crippen molar-refractivity contribution >= 4 is 22.0 Å². The molecule has 0 rings (SSSR count). The molecule has 0 radical (unpaired) electrons. The number of aliphatic carboxylic acids is 1. The number of nitrogens with one attached hydrogen (secondary N) is 3. The summed E-state index contributed by atoms with van der Waals surface area (Å²) in [6.07, 6.45) is 1.43. The number of carbonyl (C=O) groups excluding carboxylic acids is 1. The fourth-order valence-corrected chi connectivity index (χ4v) is 1.61. The van der Waals surface area contributed by atoms with Gasteiger partial charge in [-0.05, 0) is 6.42 Å². The zero-order valence-corrected chi connectivity index (χ0v) is 11.6. The molecule has 0 aliphatic carbocycles. The largest absolute Gasteiger partial charge is 0.480 e. The van der Waals surface area contributed by atoms with E-state index < -0.39 is 28.1 Å². The minimum Gasteiger partial charge on any atom is -0.480 e. The van der Waals surface area contributed by atoms with Crippen molar-refractivity contribution < 1.29 is 27.9 Å². The minimum atomic E-state index is -3.23. The van der Waals surface area contributed by atoms with Crippen LogP contribution in [0.2, 0.25) is 0 Å². The quantitative estimate of drug-likeness (QED) is 0.376. The van der Waals surface area contributed by atoms with E-state index in [4.69, 9.17) is 5.11 Å². The van der Waals surface area contributed by atoms with Crippen molar-refractivity contribution in [2.24, 2.45) is 0 Å². The third-order valence-corrected chi connectivity index (χ3v) is 2.67. The SMILES string of the molecule is COCC(NC(=O)NCCCNS(C)(=O)=O)C(=O)O. The maximum atomic E-state index is 11.3. The smallest absolute Gasteiger partial charge is 0.328 e. The molecule has 1 atom stereocenters. The van der Waals surface area contributed by atoms with E-state index in [9.17, 15) is 18.0 Å². The Bertz CT molecular complexity index is 397. The summed E-state index contributed by atoms with van der Waals surface area (Å²) in [6, 6.07) is -1.78. The molecule has 0 aliphatic heterocycles. The van der Waals surface area contributed by atoms with Crippen LogP contribution >= 0.6 is 0 Å². The summed E-state index contributed by atoms with van der Waals surface area (Å²) in [5.74, 6) is -1.20. The molecule has 112 valence electrons. The van der Waals surface area contributed by atoms with Crippen molar-refractivity contribution in [1.29, 1.82) is 0 Å². The number of methoxy groups -OCH3 is 1. The van der Waals surface area contributed by atoms with E-state index >= 15 is 0 Å². The Morgan fingerprint density at radius 2 is 1.95 bits per heavy atom. The molecule has 0 saturated heterocycles. The summed E-state index contributed by atoms with van der Waals surface area (Å²) in [5.41, 5.74) is 0. The Labute approximate surface area is 111 Å². The third-order valence-electron chi connectivity index (χ3n) is 1.94. The van der Waals surface area contributed by atoms with Crippen LogP contribution < -0.4 is 15.4 Å². The van der Waals surface area contributed by atoms with Crippen LogP contribution in [0.3, 0.4) is 0 Å². The third kappa shape index (κ3) is 10.2. The monoisotopic (exact) mass is 297 g/mol. The van der Waals surface area contributed by atoms with E-state index in [2.05, 4.69) is 20.1 Å². The normalized spacial score (nSPS) is 12.7. The van der Waals surface area contributed by atoms with E-state index in [1.165, 1.54) is 7.11 Å². The van der Waals surface area contributed by atoms with Crippen LogP contribution in [0.4, 0.5) is 4.79 Å². The van der Waals surface area contributed by atoms with Gasteiger partial charge in [0.25, 0.3) is 0 Å². The second-order valence-electron chi connectivity index (χ2n) is 3.77. The van der Waals surface area contributed by atoms with Gasteiger partial charge in [-0.2, -0.15) is 0 Å². The number of urea groups is 1. The van der Waals surface area contributed by atoms with Crippen molar-refractivity contribution in [3.63, 3.8) is 0 Å². The molecule has 1 unspecified atom stereocenters. The number of rotatable bonds is 9. The maximum Gasteiger partial charge on any atom is 0.328 e. The van der Waals surface area contributed by atoms with Gasteiger partial charge in [-0.1, -0.05) is 0 Å². The summed E-state index contributed by atoms with van der Waals surface area (Å²) in [6.45, 7) is 0.269. The molecule has 0 aromatic carbocycles. The molecule has 0 spiro atoms. The van der Waals surface area contributed by atoms with Gasteiger partial charge in [0.15, 0.2) is 6.04 Å². The fourth-order valence-electron chi connectivity index (χ4n) is 1.10. The zero-order valence-electron chi connectivity index (χ0n) is 10.8. The first kappa shape index (κ1) is 17.6. The average Bonchev–Trinajstić information content (AvgIpc) is 2.26. The Kier molecular flexibility index (Phi) is 8.03. The van der Waals surface area contributed by atoms with Gasteiger partial charge in [-0.25, -0.2) is 22.7 Å². The van der Waals surface area contributed by atoms with Gasteiger partial charge in [-0.15, -0.1) is 0 Å². The summed E-state index contributed by atoms with van der Waals surface area (Å²) in [4.78, 5) is 22.0. The number of hydrogen-bond acceptors (Lipinski definition) is 5. The van der Waals surface area contributed by atoms with E-state index in [1.807, 2.05) is 0 Å². The number of amides is 2. The summed E-state index contributed by atoms with van der Waals surface area (Å²) in [5, 5.41) is 13.4. The Balaban J connectivity index is 3.83. The number of hydrogen-bond donors (Lipinski definition) is 4. The predicted molar refractivity (Wildman–Crippen MR) is 67.3 cm³/mol. The number of carboxylic acids is 1. The second-order valence-corrected chi connectivity index (χ2v) is 5.60. The number of ether oxygens (including phenoxy) is 1. The Morgan fingerprint density at radius 3 is 2.42 bits per heavy atom. The molecule has 0 heterocycles. The van der Waals surface area contributed by atoms with Crippen molar-refractivity contribution in [2.45, 2.75) is 12.5 Å². The van der Waals surface area contributed by atoms with Crippen molar-refractivity contribution in [2.75, 3.05) is 33.1 Å². The Morgan fingerprint density at radius 1 is 1.32 bits per heavy atom. The van der Waals surface area contributed by atoms with Gasteiger partial charge < -0.3 is 20.5 Å². The minimum absolute atomic E-state index is 0.140. The molecule has 0 bridgehead atoms. The Hall–Kier alpha value is -1.39. The topological polar surface area (TPSA) is 134 Å². The molecular weight excluding hydrogens is 278 g/mol. The molecule has 0 fully saturated rings. The first-order chi connectivity index (χ1) is 8.76. The lowest BCUT2D eigenvalue weighted by atomic mass is 10.3. The molecule has 10 heteroatoms. The highest BCUT2D eigenvalue weighted by atomic mass is 32.2. The van der Waals surface area contributed by atoms with E-state index in [1.54, 1.807) is 0 Å². The standard InChI is InChI=1S/C9H19N3O6S/c1-18-6-7(8(13)14)12-9(15)10-4-3-5-11-19(2,16)17/h7,11H,3-6H2,1-2H3,(H,13,14)(H2,10,12,15). The van der Waals surface area contributed by atoms with Crippen LogP contribution in [0, 0.1) is 0 Å². The fraction of sp³-hybridized carbons (Fsp3) is 0.778. The molecular formula is C9H19N3O6S. The lowest BCUT2D eigenvalue weighted by molar-refractivity contribution is -0.140.